The van der Waals surface area contributed by atoms with Crippen molar-refractivity contribution in [3.05, 3.63) is 53.6 Å². The molecule has 0 radical (unpaired) electrons. The number of aliphatic hydroxyl groups excluding tert-OH is 1. The number of fused-ring (bicyclic) bond motifs is 1. The molecule has 0 fully saturated rings. The van der Waals surface area contributed by atoms with Crippen LogP contribution in [0.2, 0.25) is 0 Å². The predicted octanol–water partition coefficient (Wildman–Crippen LogP) is 0.982. The summed E-state index contributed by atoms with van der Waals surface area (Å²) in [5.74, 6) is 0. The summed E-state index contributed by atoms with van der Waals surface area (Å²) in [6, 6.07) is 12.4. The maximum absolute atomic E-state index is 12.5. The highest BCUT2D eigenvalue weighted by Gasteiger charge is 2.19. The van der Waals surface area contributed by atoms with Gasteiger partial charge in [-0.15, -0.1) is 5.10 Å². The molecule has 3 rings (SSSR count). The van der Waals surface area contributed by atoms with Gasteiger partial charge in [0.05, 0.1) is 12.1 Å². The Hall–Kier alpha value is -2.29. The Labute approximate surface area is 140 Å². The number of rotatable bonds is 6. The Morgan fingerprint density at radius 3 is 2.54 bits per heavy atom. The zero-order chi connectivity index (χ0) is 17.2. The summed E-state index contributed by atoms with van der Waals surface area (Å²) < 4.78 is 29.2. The quantitative estimate of drug-likeness (QED) is 0.693. The van der Waals surface area contributed by atoms with Gasteiger partial charge in [-0.25, -0.2) is 17.8 Å². The Balaban J connectivity index is 1.73. The summed E-state index contributed by atoms with van der Waals surface area (Å²) >= 11 is 0. The molecular formula is C16H18N4O3S. The monoisotopic (exact) mass is 346 g/mol. The molecule has 3 aromatic rings. The molecule has 24 heavy (non-hydrogen) atoms. The molecule has 0 unspecified atom stereocenters. The summed E-state index contributed by atoms with van der Waals surface area (Å²) in [5.41, 5.74) is 2.85. The molecule has 0 aliphatic rings. The number of aromatic nitrogens is 3. The average molecular weight is 346 g/mol. The third-order valence-corrected chi connectivity index (χ3v) is 5.30. The van der Waals surface area contributed by atoms with Crippen LogP contribution in [0.4, 0.5) is 0 Å². The zero-order valence-electron chi connectivity index (χ0n) is 13.2. The van der Waals surface area contributed by atoms with Crippen LogP contribution < -0.4 is 4.72 Å². The fourth-order valence-corrected chi connectivity index (χ4v) is 3.65. The first kappa shape index (κ1) is 16.6. The molecule has 0 atom stereocenters. The van der Waals surface area contributed by atoms with E-state index in [2.05, 4.69) is 15.0 Å². The van der Waals surface area contributed by atoms with Gasteiger partial charge in [0.2, 0.25) is 10.0 Å². The van der Waals surface area contributed by atoms with Gasteiger partial charge in [0.25, 0.3) is 0 Å². The van der Waals surface area contributed by atoms with Crippen LogP contribution in [0.15, 0.2) is 47.4 Å². The van der Waals surface area contributed by atoms with Gasteiger partial charge >= 0.3 is 0 Å². The van der Waals surface area contributed by atoms with Crippen molar-refractivity contribution in [1.82, 2.24) is 19.7 Å². The minimum atomic E-state index is -3.66. The summed E-state index contributed by atoms with van der Waals surface area (Å²) in [4.78, 5) is 0.128. The number of aryl methyl sites for hydroxylation is 1. The molecule has 0 saturated heterocycles. The molecule has 0 spiro atoms. The van der Waals surface area contributed by atoms with Crippen LogP contribution >= 0.6 is 0 Å². The van der Waals surface area contributed by atoms with E-state index in [9.17, 15) is 8.42 Å². The Kier molecular flexibility index (Phi) is 4.61. The van der Waals surface area contributed by atoms with Gasteiger partial charge in [-0.2, -0.15) is 0 Å². The van der Waals surface area contributed by atoms with Gasteiger partial charge in [-0.1, -0.05) is 35.5 Å². The number of nitrogens with one attached hydrogen (secondary N) is 1. The highest BCUT2D eigenvalue weighted by atomic mass is 32.2. The molecular weight excluding hydrogens is 328 g/mol. The first-order valence-corrected chi connectivity index (χ1v) is 8.96. The molecule has 8 heteroatoms. The second-order valence-electron chi connectivity index (χ2n) is 5.46. The number of hydrogen-bond acceptors (Lipinski definition) is 5. The molecule has 1 heterocycles. The van der Waals surface area contributed by atoms with Gasteiger partial charge < -0.3 is 5.11 Å². The molecule has 2 aromatic carbocycles. The van der Waals surface area contributed by atoms with Crippen molar-refractivity contribution in [3.63, 3.8) is 0 Å². The fraction of sp³-hybridized carbons (Fsp3) is 0.250. The van der Waals surface area contributed by atoms with Gasteiger partial charge in [0, 0.05) is 13.6 Å². The first-order valence-electron chi connectivity index (χ1n) is 7.48. The van der Waals surface area contributed by atoms with Crippen molar-refractivity contribution in [3.8, 4) is 0 Å². The SMILES string of the molecule is Cn1nnc2c(S(=O)(=O)NCCc3ccc(CO)cc3)cccc21. The zero-order valence-corrected chi connectivity index (χ0v) is 14.0. The summed E-state index contributed by atoms with van der Waals surface area (Å²) in [7, 11) is -1.94. The van der Waals surface area contributed by atoms with Crippen molar-refractivity contribution in [1.29, 1.82) is 0 Å². The lowest BCUT2D eigenvalue weighted by Crippen LogP contribution is -2.26. The number of aliphatic hydroxyl groups is 1. The van der Waals surface area contributed by atoms with Crippen LogP contribution in [0.5, 0.6) is 0 Å². The topological polar surface area (TPSA) is 97.1 Å². The first-order chi connectivity index (χ1) is 11.5. The van der Waals surface area contributed by atoms with E-state index in [-0.39, 0.29) is 18.0 Å². The van der Waals surface area contributed by atoms with Crippen LogP contribution in [0.1, 0.15) is 11.1 Å². The molecule has 0 saturated carbocycles. The Morgan fingerprint density at radius 2 is 1.83 bits per heavy atom. The van der Waals surface area contributed by atoms with E-state index >= 15 is 0 Å². The summed E-state index contributed by atoms with van der Waals surface area (Å²) in [6.07, 6.45) is 0.557. The maximum atomic E-state index is 12.5. The van der Waals surface area contributed by atoms with Crippen LogP contribution in [0.3, 0.4) is 0 Å². The largest absolute Gasteiger partial charge is 0.392 e. The molecule has 2 N–H and O–H groups in total. The van der Waals surface area contributed by atoms with Crippen molar-refractivity contribution >= 4 is 21.1 Å². The lowest BCUT2D eigenvalue weighted by Gasteiger charge is -2.08. The minimum absolute atomic E-state index is 0.00493. The van der Waals surface area contributed by atoms with Crippen molar-refractivity contribution in [2.75, 3.05) is 6.54 Å². The molecule has 0 bridgehead atoms. The van der Waals surface area contributed by atoms with Crippen molar-refractivity contribution < 1.29 is 13.5 Å². The highest BCUT2D eigenvalue weighted by Crippen LogP contribution is 2.19. The van der Waals surface area contributed by atoms with Crippen LogP contribution in [-0.2, 0) is 30.1 Å². The van der Waals surface area contributed by atoms with Crippen LogP contribution in [-0.4, -0.2) is 35.1 Å². The average Bonchev–Trinajstić information content (AvgIpc) is 2.97. The van der Waals surface area contributed by atoms with Gasteiger partial charge in [0.15, 0.2) is 0 Å². The highest BCUT2D eigenvalue weighted by molar-refractivity contribution is 7.89. The summed E-state index contributed by atoms with van der Waals surface area (Å²) in [5, 5.41) is 16.8. The molecule has 0 amide bonds. The lowest BCUT2D eigenvalue weighted by molar-refractivity contribution is 0.282. The number of sulfonamides is 1. The normalized spacial score (nSPS) is 11.9. The standard InChI is InChI=1S/C16H18N4O3S/c1-20-14-3-2-4-15(16(14)18-19-20)24(22,23)17-10-9-12-5-7-13(11-21)8-6-12/h2-8,17,21H,9-11H2,1H3. The van der Waals surface area contributed by atoms with Gasteiger partial charge in [-0.3, -0.25) is 0 Å². The number of benzene rings is 2. The second-order valence-corrected chi connectivity index (χ2v) is 7.19. The maximum Gasteiger partial charge on any atom is 0.242 e. The molecule has 0 aliphatic carbocycles. The lowest BCUT2D eigenvalue weighted by atomic mass is 10.1. The number of hydrogen-bond donors (Lipinski definition) is 2. The predicted molar refractivity (Wildman–Crippen MR) is 89.8 cm³/mol. The second kappa shape index (κ2) is 6.68. The summed E-state index contributed by atoms with van der Waals surface area (Å²) in [6.45, 7) is 0.270. The number of nitrogens with zero attached hydrogens (tertiary/aromatic N) is 3. The van der Waals surface area contributed by atoms with Gasteiger partial charge in [0.1, 0.15) is 10.4 Å². The van der Waals surface area contributed by atoms with Crippen LogP contribution in [0.25, 0.3) is 11.0 Å². The van der Waals surface area contributed by atoms with E-state index in [1.54, 1.807) is 19.2 Å². The Morgan fingerprint density at radius 1 is 1.12 bits per heavy atom. The smallest absolute Gasteiger partial charge is 0.242 e. The van der Waals surface area contributed by atoms with E-state index in [0.29, 0.717) is 17.5 Å². The van der Waals surface area contributed by atoms with E-state index in [1.807, 2.05) is 24.3 Å². The molecule has 0 aliphatic heterocycles. The van der Waals surface area contributed by atoms with E-state index in [1.165, 1.54) is 10.7 Å². The van der Waals surface area contributed by atoms with Crippen LogP contribution in [0, 0.1) is 0 Å². The van der Waals surface area contributed by atoms with E-state index in [4.69, 9.17) is 5.11 Å². The van der Waals surface area contributed by atoms with Crippen molar-refractivity contribution in [2.45, 2.75) is 17.9 Å². The molecule has 1 aromatic heterocycles. The van der Waals surface area contributed by atoms with E-state index in [0.717, 1.165) is 11.1 Å². The third kappa shape index (κ3) is 3.30. The minimum Gasteiger partial charge on any atom is -0.392 e. The fourth-order valence-electron chi connectivity index (χ4n) is 2.47. The molecule has 126 valence electrons. The molecule has 7 nitrogen and oxygen atoms in total. The third-order valence-electron chi connectivity index (χ3n) is 3.81. The van der Waals surface area contributed by atoms with Gasteiger partial charge in [-0.05, 0) is 29.7 Å². The van der Waals surface area contributed by atoms with E-state index < -0.39 is 10.0 Å². The Bertz CT molecular complexity index is 949. The van der Waals surface area contributed by atoms with Crippen molar-refractivity contribution in [2.24, 2.45) is 7.05 Å².